The highest BCUT2D eigenvalue weighted by atomic mass is 16.3. The van der Waals surface area contributed by atoms with E-state index in [1.807, 2.05) is 30.3 Å². The number of aliphatic hydroxyl groups is 1. The maximum atomic E-state index is 12.2. The maximum absolute atomic E-state index is 12.2. The third kappa shape index (κ3) is 3.33. The van der Waals surface area contributed by atoms with Crippen LogP contribution in [0.25, 0.3) is 0 Å². The lowest BCUT2D eigenvalue weighted by Gasteiger charge is -2.30. The second-order valence-corrected chi connectivity index (χ2v) is 4.96. The van der Waals surface area contributed by atoms with Crippen LogP contribution in [0, 0.1) is 0 Å². The Labute approximate surface area is 110 Å². The molecule has 0 spiro atoms. The van der Waals surface area contributed by atoms with Gasteiger partial charge in [-0.1, -0.05) is 37.3 Å². The number of hydrogen-bond donors (Lipinski definition) is 1. The van der Waals surface area contributed by atoms with Gasteiger partial charge in [-0.05, 0) is 24.3 Å². The number of amides is 1. The Morgan fingerprint density at radius 2 is 2.06 bits per heavy atom. The number of benzene rings is 1. The van der Waals surface area contributed by atoms with Crippen molar-refractivity contribution in [2.45, 2.75) is 38.2 Å². The largest absolute Gasteiger partial charge is 0.393 e. The van der Waals surface area contributed by atoms with Crippen LogP contribution >= 0.6 is 0 Å². The molecule has 1 unspecified atom stereocenters. The molecule has 3 nitrogen and oxygen atoms in total. The van der Waals surface area contributed by atoms with Gasteiger partial charge in [-0.25, -0.2) is 0 Å². The molecule has 1 aliphatic rings. The summed E-state index contributed by atoms with van der Waals surface area (Å²) in [4.78, 5) is 13.9. The Hall–Kier alpha value is -1.35. The van der Waals surface area contributed by atoms with Gasteiger partial charge in [0.1, 0.15) is 0 Å². The van der Waals surface area contributed by atoms with Gasteiger partial charge >= 0.3 is 0 Å². The minimum atomic E-state index is -1.35. The van der Waals surface area contributed by atoms with E-state index < -0.39 is 6.08 Å². The van der Waals surface area contributed by atoms with Crippen molar-refractivity contribution >= 4 is 5.91 Å². The van der Waals surface area contributed by atoms with Gasteiger partial charge in [0.15, 0.2) is 0 Å². The molecule has 1 aromatic rings. The number of rotatable bonds is 3. The molecule has 1 atom stereocenters. The van der Waals surface area contributed by atoms with Crippen molar-refractivity contribution in [1.29, 1.82) is 0 Å². The average Bonchev–Trinajstić information content (AvgIpc) is 2.39. The molecule has 0 aliphatic carbocycles. The van der Waals surface area contributed by atoms with E-state index in [2.05, 4.69) is 6.92 Å². The van der Waals surface area contributed by atoms with Crippen molar-refractivity contribution in [3.63, 3.8) is 0 Å². The van der Waals surface area contributed by atoms with E-state index in [0.29, 0.717) is 32.4 Å². The number of nitrogens with zero attached hydrogens (tertiary/aromatic N) is 1. The Bertz CT molecular complexity index is 423. The quantitative estimate of drug-likeness (QED) is 0.890. The smallest absolute Gasteiger partial charge is 0.223 e. The van der Waals surface area contributed by atoms with Gasteiger partial charge in [-0.2, -0.15) is 0 Å². The van der Waals surface area contributed by atoms with Gasteiger partial charge < -0.3 is 10.0 Å². The standard InChI is InChI=1S/C15H21NO2/c1-12(13-5-3-2-4-6-13)11-15(18)16-9-7-14(17)8-10-16/h2-6,12,14,17H,7-11H2,1H3/i14D. The number of carbonyl (C=O) groups excluding carboxylic acids is 1. The summed E-state index contributed by atoms with van der Waals surface area (Å²) in [6.07, 6.45) is -0.167. The minimum absolute atomic E-state index is 0.117. The molecule has 98 valence electrons. The van der Waals surface area contributed by atoms with Crippen molar-refractivity contribution in [2.24, 2.45) is 0 Å². The Morgan fingerprint density at radius 1 is 1.44 bits per heavy atom. The average molecular weight is 248 g/mol. The molecule has 1 aliphatic heterocycles. The van der Waals surface area contributed by atoms with E-state index in [1.54, 1.807) is 4.90 Å². The summed E-state index contributed by atoms with van der Waals surface area (Å²) in [5, 5.41) is 9.56. The molecule has 1 amide bonds. The van der Waals surface area contributed by atoms with Crippen molar-refractivity contribution in [2.75, 3.05) is 13.1 Å². The van der Waals surface area contributed by atoms with Gasteiger partial charge in [0.05, 0.1) is 7.45 Å². The van der Waals surface area contributed by atoms with Crippen LogP contribution in [0.4, 0.5) is 0 Å². The van der Waals surface area contributed by atoms with Crippen LogP contribution in [-0.2, 0) is 4.79 Å². The zero-order valence-corrected chi connectivity index (χ0v) is 10.8. The molecule has 1 aromatic carbocycles. The van der Waals surface area contributed by atoms with E-state index in [0.717, 1.165) is 0 Å². The zero-order valence-electron chi connectivity index (χ0n) is 11.8. The summed E-state index contributed by atoms with van der Waals surface area (Å²) in [5.41, 5.74) is 1.17. The van der Waals surface area contributed by atoms with Crippen molar-refractivity contribution in [3.05, 3.63) is 35.9 Å². The maximum Gasteiger partial charge on any atom is 0.223 e. The topological polar surface area (TPSA) is 40.5 Å². The van der Waals surface area contributed by atoms with Gasteiger partial charge in [0.25, 0.3) is 0 Å². The van der Waals surface area contributed by atoms with Crippen LogP contribution < -0.4 is 0 Å². The molecule has 2 rings (SSSR count). The molecule has 1 N–H and O–H groups in total. The molecule has 1 saturated heterocycles. The number of hydrogen-bond acceptors (Lipinski definition) is 2. The van der Waals surface area contributed by atoms with Gasteiger partial charge in [0, 0.05) is 19.5 Å². The molecule has 0 bridgehead atoms. The predicted octanol–water partition coefficient (Wildman–Crippen LogP) is 2.16. The first-order valence-electron chi connectivity index (χ1n) is 7.03. The predicted molar refractivity (Wildman–Crippen MR) is 71.3 cm³/mol. The molecule has 0 radical (unpaired) electrons. The number of carbonyl (C=O) groups is 1. The molecule has 18 heavy (non-hydrogen) atoms. The molecule has 0 saturated carbocycles. The van der Waals surface area contributed by atoms with E-state index >= 15 is 0 Å². The molecule has 0 aromatic heterocycles. The lowest BCUT2D eigenvalue weighted by Crippen LogP contribution is -2.40. The van der Waals surface area contributed by atoms with E-state index in [1.165, 1.54) is 5.56 Å². The highest BCUT2D eigenvalue weighted by Gasteiger charge is 2.22. The molecule has 1 heterocycles. The third-order valence-electron chi connectivity index (χ3n) is 3.54. The highest BCUT2D eigenvalue weighted by molar-refractivity contribution is 5.77. The molecular formula is C15H21NO2. The Morgan fingerprint density at radius 3 is 2.67 bits per heavy atom. The fourth-order valence-corrected chi connectivity index (χ4v) is 2.30. The summed E-state index contributed by atoms with van der Waals surface area (Å²) in [7, 11) is 0. The Kier molecular flexibility index (Phi) is 3.91. The zero-order chi connectivity index (χ0) is 13.9. The Balaban J connectivity index is 1.88. The van der Waals surface area contributed by atoms with Crippen LogP contribution in [0.3, 0.4) is 0 Å². The lowest BCUT2D eigenvalue weighted by atomic mass is 9.96. The van der Waals surface area contributed by atoms with Crippen LogP contribution in [0.1, 0.15) is 39.0 Å². The fraction of sp³-hybridized carbons (Fsp3) is 0.533. The van der Waals surface area contributed by atoms with Gasteiger partial charge in [0.2, 0.25) is 5.91 Å². The minimum Gasteiger partial charge on any atom is -0.393 e. The van der Waals surface area contributed by atoms with Gasteiger partial charge in [-0.3, -0.25) is 4.79 Å². The molecule has 3 heteroatoms. The highest BCUT2D eigenvalue weighted by Crippen LogP contribution is 2.21. The van der Waals surface area contributed by atoms with Crippen LogP contribution in [-0.4, -0.2) is 35.1 Å². The normalized spacial score (nSPS) is 21.2. The SMILES string of the molecule is [2H]C1(O)CCN(C(=O)CC(C)c2ccccc2)CC1. The van der Waals surface area contributed by atoms with E-state index in [4.69, 9.17) is 1.37 Å². The number of likely N-dealkylation sites (tertiary alicyclic amines) is 1. The second-order valence-electron chi connectivity index (χ2n) is 4.96. The summed E-state index contributed by atoms with van der Waals surface area (Å²) >= 11 is 0. The van der Waals surface area contributed by atoms with Gasteiger partial charge in [-0.15, -0.1) is 0 Å². The fourth-order valence-electron chi connectivity index (χ4n) is 2.30. The summed E-state index contributed by atoms with van der Waals surface area (Å²) in [6, 6.07) is 10.0. The first kappa shape index (κ1) is 11.7. The van der Waals surface area contributed by atoms with Crippen molar-refractivity contribution in [1.82, 2.24) is 4.90 Å². The van der Waals surface area contributed by atoms with Crippen LogP contribution in [0.5, 0.6) is 0 Å². The second kappa shape index (κ2) is 6.01. The number of piperidine rings is 1. The molecular weight excluding hydrogens is 226 g/mol. The lowest BCUT2D eigenvalue weighted by molar-refractivity contribution is -0.133. The molecule has 1 fully saturated rings. The van der Waals surface area contributed by atoms with Crippen LogP contribution in [0.15, 0.2) is 30.3 Å². The van der Waals surface area contributed by atoms with Crippen molar-refractivity contribution in [3.8, 4) is 0 Å². The first-order valence-corrected chi connectivity index (χ1v) is 6.53. The van der Waals surface area contributed by atoms with Crippen molar-refractivity contribution < 1.29 is 11.3 Å². The first-order chi connectivity index (χ1) is 8.98. The monoisotopic (exact) mass is 248 g/mol. The summed E-state index contributed by atoms with van der Waals surface area (Å²) < 4.78 is 7.55. The summed E-state index contributed by atoms with van der Waals surface area (Å²) in [5.74, 6) is 0.317. The van der Waals surface area contributed by atoms with E-state index in [9.17, 15) is 9.90 Å². The van der Waals surface area contributed by atoms with E-state index in [-0.39, 0.29) is 11.8 Å². The van der Waals surface area contributed by atoms with Crippen LogP contribution in [0.2, 0.25) is 0 Å². The summed E-state index contributed by atoms with van der Waals surface area (Å²) in [6.45, 7) is 3.03. The third-order valence-corrected chi connectivity index (χ3v) is 3.54.